The summed E-state index contributed by atoms with van der Waals surface area (Å²) in [6, 6.07) is 15.0. The molecular formula is C28H37N3O8. The normalized spacial score (nSPS) is 16.3. The van der Waals surface area contributed by atoms with Crippen LogP contribution in [0, 0.1) is 0 Å². The molecule has 0 spiro atoms. The van der Waals surface area contributed by atoms with Gasteiger partial charge in [0.15, 0.2) is 0 Å². The van der Waals surface area contributed by atoms with Gasteiger partial charge in [0.05, 0.1) is 31.3 Å². The van der Waals surface area contributed by atoms with Crippen LogP contribution in [0.3, 0.4) is 0 Å². The lowest BCUT2D eigenvalue weighted by atomic mass is 9.93. The molecule has 0 saturated carbocycles. The van der Waals surface area contributed by atoms with Crippen molar-refractivity contribution in [2.24, 2.45) is 0 Å². The number of fused-ring (bicyclic) bond motifs is 1. The molecule has 11 nitrogen and oxygen atoms in total. The van der Waals surface area contributed by atoms with E-state index in [0.717, 1.165) is 16.7 Å². The second-order valence-electron chi connectivity index (χ2n) is 9.28. The molecule has 0 fully saturated rings. The maximum absolute atomic E-state index is 13.7. The number of nitrogens with one attached hydrogen (secondary N) is 1. The second kappa shape index (κ2) is 15.3. The highest BCUT2D eigenvalue weighted by Crippen LogP contribution is 2.25. The van der Waals surface area contributed by atoms with Crippen LogP contribution in [0.2, 0.25) is 0 Å². The van der Waals surface area contributed by atoms with Crippen LogP contribution in [-0.4, -0.2) is 76.5 Å². The van der Waals surface area contributed by atoms with E-state index in [1.54, 1.807) is 13.8 Å². The molecule has 1 amide bonds. The van der Waals surface area contributed by atoms with Crippen molar-refractivity contribution in [2.75, 3.05) is 19.8 Å². The minimum atomic E-state index is -0.852. The average Bonchev–Trinajstić information content (AvgIpc) is 2.94. The average molecular weight is 544 g/mol. The van der Waals surface area contributed by atoms with Crippen LogP contribution >= 0.6 is 0 Å². The number of rotatable bonds is 14. The largest absolute Gasteiger partial charge is 0.465 e. The van der Waals surface area contributed by atoms with E-state index in [1.165, 1.54) is 4.90 Å². The lowest BCUT2D eigenvalue weighted by Gasteiger charge is -2.37. The van der Waals surface area contributed by atoms with Crippen LogP contribution in [0.15, 0.2) is 54.6 Å². The van der Waals surface area contributed by atoms with Gasteiger partial charge in [0, 0.05) is 19.4 Å². The molecule has 2 aromatic rings. The fourth-order valence-electron chi connectivity index (χ4n) is 4.53. The smallest absolute Gasteiger partial charge is 0.329 e. The molecule has 3 unspecified atom stereocenters. The van der Waals surface area contributed by atoms with E-state index < -0.39 is 35.5 Å². The third kappa shape index (κ3) is 9.12. The van der Waals surface area contributed by atoms with Gasteiger partial charge in [0.2, 0.25) is 5.91 Å². The fourth-order valence-corrected chi connectivity index (χ4v) is 4.53. The minimum Gasteiger partial charge on any atom is -0.465 e. The minimum absolute atomic E-state index is 0.0227. The summed E-state index contributed by atoms with van der Waals surface area (Å²) in [6.45, 7) is 3.76. The van der Waals surface area contributed by atoms with Crippen LogP contribution in [0.25, 0.3) is 0 Å². The Balaban J connectivity index is 1.70. The summed E-state index contributed by atoms with van der Waals surface area (Å²) < 4.78 is 10.6. The quantitative estimate of drug-likeness (QED) is 0.185. The summed E-state index contributed by atoms with van der Waals surface area (Å²) in [6.07, 6.45) is 1.58. The lowest BCUT2D eigenvalue weighted by Crippen LogP contribution is -2.56. The zero-order chi connectivity index (χ0) is 28.2. The molecule has 3 rings (SSSR count). The topological polar surface area (TPSA) is 138 Å². The van der Waals surface area contributed by atoms with E-state index in [4.69, 9.17) is 19.9 Å². The van der Waals surface area contributed by atoms with Crippen LogP contribution in [0.5, 0.6) is 0 Å². The van der Waals surface area contributed by atoms with Gasteiger partial charge in [0.25, 0.3) is 0 Å². The van der Waals surface area contributed by atoms with Gasteiger partial charge in [-0.1, -0.05) is 54.6 Å². The summed E-state index contributed by atoms with van der Waals surface area (Å²) in [7, 11) is 0. The first-order valence-electron chi connectivity index (χ1n) is 13.1. The Kier molecular flexibility index (Phi) is 11.8. The van der Waals surface area contributed by atoms with Crippen molar-refractivity contribution in [1.82, 2.24) is 15.6 Å². The van der Waals surface area contributed by atoms with E-state index in [0.29, 0.717) is 19.3 Å². The fraction of sp³-hybridized carbons (Fsp3) is 0.464. The molecule has 1 aliphatic heterocycles. The molecular weight excluding hydrogens is 506 g/mol. The number of carbonyl (C=O) groups excluding carboxylic acids is 3. The number of hydrogen-bond acceptors (Lipinski definition) is 10. The number of benzene rings is 2. The SMILES string of the molecule is CCOC(=O)C(CCc1ccccc1)NC(C)C(=O)N1Cc2ccccc2CC1C(=O)OCCCON(O)O. The third-order valence-electron chi connectivity index (χ3n) is 6.50. The Morgan fingerprint density at radius 2 is 1.72 bits per heavy atom. The van der Waals surface area contributed by atoms with Gasteiger partial charge in [-0.15, -0.1) is 0 Å². The number of ether oxygens (including phenoxy) is 2. The highest BCUT2D eigenvalue weighted by molar-refractivity contribution is 5.89. The first-order chi connectivity index (χ1) is 18.8. The summed E-state index contributed by atoms with van der Waals surface area (Å²) in [5.41, 5.74) is 2.96. The summed E-state index contributed by atoms with van der Waals surface area (Å²) >= 11 is 0. The first kappa shape index (κ1) is 30.2. The molecule has 3 atom stereocenters. The number of amides is 1. The monoisotopic (exact) mass is 543 g/mol. The van der Waals surface area contributed by atoms with Gasteiger partial charge in [-0.25, -0.2) is 4.79 Å². The number of hydrogen-bond donors (Lipinski definition) is 3. The highest BCUT2D eigenvalue weighted by Gasteiger charge is 2.38. The Labute approximate surface area is 228 Å². The molecule has 2 aromatic carbocycles. The summed E-state index contributed by atoms with van der Waals surface area (Å²) in [4.78, 5) is 45.4. The van der Waals surface area contributed by atoms with E-state index in [2.05, 4.69) is 10.2 Å². The second-order valence-corrected chi connectivity index (χ2v) is 9.28. The van der Waals surface area contributed by atoms with Crippen molar-refractivity contribution < 1.29 is 39.1 Å². The van der Waals surface area contributed by atoms with Crippen molar-refractivity contribution in [3.63, 3.8) is 0 Å². The Hall–Kier alpha value is -3.35. The summed E-state index contributed by atoms with van der Waals surface area (Å²) in [5.74, 6) is -1.33. The molecule has 0 aliphatic carbocycles. The maximum atomic E-state index is 13.7. The molecule has 39 heavy (non-hydrogen) atoms. The predicted octanol–water partition coefficient (Wildman–Crippen LogP) is 2.43. The van der Waals surface area contributed by atoms with E-state index >= 15 is 0 Å². The standard InChI is InChI=1S/C28H37N3O8/c1-3-37-27(33)24(15-14-21-10-5-4-6-11-21)29-20(2)26(32)30-19-23-13-8-7-12-22(23)18-25(30)28(34)38-16-9-17-39-31(35)36/h4-8,10-13,20,24-25,29,35-36H,3,9,14-19H2,1-2H3. The molecule has 11 heteroatoms. The highest BCUT2D eigenvalue weighted by atomic mass is 17.1. The Morgan fingerprint density at radius 3 is 2.41 bits per heavy atom. The van der Waals surface area contributed by atoms with Crippen molar-refractivity contribution >= 4 is 17.8 Å². The van der Waals surface area contributed by atoms with Crippen molar-refractivity contribution in [3.8, 4) is 0 Å². The van der Waals surface area contributed by atoms with Gasteiger partial charge < -0.3 is 14.4 Å². The van der Waals surface area contributed by atoms with Crippen molar-refractivity contribution in [3.05, 3.63) is 71.3 Å². The number of aryl methyl sites for hydroxylation is 1. The van der Waals surface area contributed by atoms with E-state index in [-0.39, 0.29) is 38.7 Å². The predicted molar refractivity (Wildman–Crippen MR) is 139 cm³/mol. The molecule has 1 heterocycles. The Morgan fingerprint density at radius 1 is 1.03 bits per heavy atom. The molecule has 212 valence electrons. The van der Waals surface area contributed by atoms with E-state index in [9.17, 15) is 14.4 Å². The maximum Gasteiger partial charge on any atom is 0.329 e. The first-order valence-corrected chi connectivity index (χ1v) is 13.1. The van der Waals surface area contributed by atoms with Gasteiger partial charge in [-0.2, -0.15) is 0 Å². The molecule has 3 N–H and O–H groups in total. The molecule has 0 radical (unpaired) electrons. The van der Waals surface area contributed by atoms with Gasteiger partial charge in [-0.05, 0) is 43.4 Å². The van der Waals surface area contributed by atoms with Gasteiger partial charge in [0.1, 0.15) is 12.1 Å². The van der Waals surface area contributed by atoms with Gasteiger partial charge >= 0.3 is 11.9 Å². The molecule has 0 bridgehead atoms. The van der Waals surface area contributed by atoms with Crippen LogP contribution in [0.1, 0.15) is 43.4 Å². The Bertz CT molecular complexity index is 1080. The van der Waals surface area contributed by atoms with Crippen molar-refractivity contribution in [1.29, 1.82) is 0 Å². The molecule has 1 aliphatic rings. The lowest BCUT2D eigenvalue weighted by molar-refractivity contribution is -0.492. The molecule has 0 aromatic heterocycles. The third-order valence-corrected chi connectivity index (χ3v) is 6.50. The van der Waals surface area contributed by atoms with Crippen molar-refractivity contribution in [2.45, 2.75) is 64.2 Å². The molecule has 0 saturated heterocycles. The number of nitrogens with zero attached hydrogens (tertiary/aromatic N) is 2. The zero-order valence-corrected chi connectivity index (χ0v) is 22.3. The number of esters is 2. The van der Waals surface area contributed by atoms with E-state index in [1.807, 2.05) is 54.6 Å². The van der Waals surface area contributed by atoms with Gasteiger partial charge in [-0.3, -0.25) is 30.2 Å². The van der Waals surface area contributed by atoms with Crippen LogP contribution in [-0.2, 0) is 48.1 Å². The number of carbonyl (C=O) groups is 3. The zero-order valence-electron chi connectivity index (χ0n) is 22.3. The van der Waals surface area contributed by atoms with Crippen LogP contribution in [0.4, 0.5) is 0 Å². The van der Waals surface area contributed by atoms with Crippen LogP contribution < -0.4 is 5.32 Å². The summed E-state index contributed by atoms with van der Waals surface area (Å²) in [5, 5.41) is 19.9.